The van der Waals surface area contributed by atoms with Gasteiger partial charge in [-0.1, -0.05) is 5.16 Å². The van der Waals surface area contributed by atoms with Gasteiger partial charge in [-0.2, -0.15) is 0 Å². The lowest BCUT2D eigenvalue weighted by Crippen LogP contribution is -2.13. The molecule has 96 valence electrons. The first-order valence-electron chi connectivity index (χ1n) is 4.80. The molecular weight excluding hydrogens is 327 g/mol. The minimum Gasteiger partial charge on any atom is -0.338 e. The van der Waals surface area contributed by atoms with Crippen LogP contribution in [0.15, 0.2) is 38.2 Å². The van der Waals surface area contributed by atoms with Crippen LogP contribution in [0.5, 0.6) is 0 Å². The molecule has 8 heteroatoms. The number of aryl methyl sites for hydroxylation is 1. The third-order valence-electron chi connectivity index (χ3n) is 2.05. The van der Waals surface area contributed by atoms with E-state index in [-0.39, 0.29) is 15.3 Å². The zero-order chi connectivity index (χ0) is 13.3. The lowest BCUT2D eigenvalue weighted by atomic mass is 10.3. The number of hydrogen-bond acceptors (Lipinski definition) is 4. The van der Waals surface area contributed by atoms with Crippen LogP contribution in [0.2, 0.25) is 0 Å². The third-order valence-corrected chi connectivity index (χ3v) is 4.37. The Labute approximate surface area is 111 Å². The molecule has 2 aromatic rings. The van der Waals surface area contributed by atoms with Gasteiger partial charge in [0.2, 0.25) is 5.88 Å². The second-order valence-corrected chi connectivity index (χ2v) is 6.02. The second-order valence-electron chi connectivity index (χ2n) is 3.51. The van der Waals surface area contributed by atoms with Crippen LogP contribution in [-0.2, 0) is 10.0 Å². The number of nitrogens with zero attached hydrogens (tertiary/aromatic N) is 1. The van der Waals surface area contributed by atoms with E-state index in [1.165, 1.54) is 6.07 Å². The lowest BCUT2D eigenvalue weighted by Gasteiger charge is -2.06. The Bertz CT molecular complexity index is 684. The monoisotopic (exact) mass is 334 g/mol. The summed E-state index contributed by atoms with van der Waals surface area (Å²) in [6.45, 7) is 1.66. The summed E-state index contributed by atoms with van der Waals surface area (Å²) in [6.07, 6.45) is 0. The van der Waals surface area contributed by atoms with Crippen LogP contribution in [0.4, 0.5) is 10.3 Å². The SMILES string of the molecule is Cc1cc(NS(=O)(=O)c2ccc(F)cc2Br)on1. The summed E-state index contributed by atoms with van der Waals surface area (Å²) in [5.74, 6) is -0.528. The van der Waals surface area contributed by atoms with Gasteiger partial charge in [0, 0.05) is 10.5 Å². The summed E-state index contributed by atoms with van der Waals surface area (Å²) in [5, 5.41) is 3.56. The van der Waals surface area contributed by atoms with E-state index in [1.54, 1.807) is 6.92 Å². The van der Waals surface area contributed by atoms with Crippen molar-refractivity contribution in [1.29, 1.82) is 0 Å². The van der Waals surface area contributed by atoms with E-state index < -0.39 is 15.8 Å². The Hall–Kier alpha value is -1.41. The highest BCUT2D eigenvalue weighted by Gasteiger charge is 2.19. The first-order chi connectivity index (χ1) is 8.38. The topological polar surface area (TPSA) is 72.2 Å². The number of halogens is 2. The first kappa shape index (κ1) is 13.0. The van der Waals surface area contributed by atoms with Crippen LogP contribution in [0.3, 0.4) is 0 Å². The number of sulfonamides is 1. The van der Waals surface area contributed by atoms with Crippen molar-refractivity contribution in [2.75, 3.05) is 4.72 Å². The van der Waals surface area contributed by atoms with Crippen LogP contribution in [0.25, 0.3) is 0 Å². The number of aromatic nitrogens is 1. The van der Waals surface area contributed by atoms with E-state index in [2.05, 4.69) is 25.8 Å². The van der Waals surface area contributed by atoms with Crippen LogP contribution in [0.1, 0.15) is 5.69 Å². The molecule has 0 fully saturated rings. The fourth-order valence-corrected chi connectivity index (χ4v) is 3.32. The van der Waals surface area contributed by atoms with Crippen molar-refractivity contribution >= 4 is 31.8 Å². The van der Waals surface area contributed by atoms with Crippen molar-refractivity contribution < 1.29 is 17.3 Å². The number of nitrogens with one attached hydrogen (secondary N) is 1. The Morgan fingerprint density at radius 2 is 2.11 bits per heavy atom. The Morgan fingerprint density at radius 1 is 1.39 bits per heavy atom. The van der Waals surface area contributed by atoms with Gasteiger partial charge in [-0.05, 0) is 41.1 Å². The molecule has 0 aliphatic heterocycles. The Morgan fingerprint density at radius 3 is 2.67 bits per heavy atom. The molecular formula is C10H8BrFN2O3S. The summed E-state index contributed by atoms with van der Waals surface area (Å²) in [4.78, 5) is -0.0852. The average Bonchev–Trinajstić information content (AvgIpc) is 2.62. The molecule has 0 aliphatic carbocycles. The number of rotatable bonds is 3. The Kier molecular flexibility index (Phi) is 3.40. The molecule has 18 heavy (non-hydrogen) atoms. The number of benzene rings is 1. The highest BCUT2D eigenvalue weighted by atomic mass is 79.9. The van der Waals surface area contributed by atoms with Crippen molar-refractivity contribution in [3.8, 4) is 0 Å². The molecule has 0 atom stereocenters. The van der Waals surface area contributed by atoms with E-state index >= 15 is 0 Å². The van der Waals surface area contributed by atoms with Gasteiger partial charge in [0.1, 0.15) is 10.7 Å². The van der Waals surface area contributed by atoms with Gasteiger partial charge >= 0.3 is 0 Å². The maximum atomic E-state index is 12.9. The lowest BCUT2D eigenvalue weighted by molar-refractivity contribution is 0.430. The molecule has 1 heterocycles. The quantitative estimate of drug-likeness (QED) is 0.936. The minimum atomic E-state index is -3.84. The summed E-state index contributed by atoms with van der Waals surface area (Å²) in [6, 6.07) is 4.73. The van der Waals surface area contributed by atoms with Gasteiger partial charge < -0.3 is 4.52 Å². The molecule has 0 amide bonds. The van der Waals surface area contributed by atoms with Crippen molar-refractivity contribution in [3.63, 3.8) is 0 Å². The molecule has 0 saturated carbocycles. The average molecular weight is 335 g/mol. The smallest absolute Gasteiger partial charge is 0.265 e. The highest BCUT2D eigenvalue weighted by Crippen LogP contribution is 2.25. The van der Waals surface area contributed by atoms with Gasteiger partial charge in [0.15, 0.2) is 0 Å². The van der Waals surface area contributed by atoms with E-state index in [9.17, 15) is 12.8 Å². The van der Waals surface area contributed by atoms with Crippen LogP contribution >= 0.6 is 15.9 Å². The molecule has 5 nitrogen and oxygen atoms in total. The molecule has 1 N–H and O–H groups in total. The van der Waals surface area contributed by atoms with E-state index in [4.69, 9.17) is 4.52 Å². The zero-order valence-corrected chi connectivity index (χ0v) is 11.5. The van der Waals surface area contributed by atoms with Gasteiger partial charge in [-0.15, -0.1) is 0 Å². The minimum absolute atomic E-state index is 0.00345. The van der Waals surface area contributed by atoms with Gasteiger partial charge in [0.05, 0.1) is 5.69 Å². The van der Waals surface area contributed by atoms with Gasteiger partial charge in [0.25, 0.3) is 10.0 Å². The number of hydrogen-bond donors (Lipinski definition) is 1. The van der Waals surface area contributed by atoms with Gasteiger partial charge in [-0.3, -0.25) is 0 Å². The van der Waals surface area contributed by atoms with Crippen LogP contribution in [-0.4, -0.2) is 13.6 Å². The predicted molar refractivity (Wildman–Crippen MR) is 66.1 cm³/mol. The maximum absolute atomic E-state index is 12.9. The standard InChI is InChI=1S/C10H8BrFN2O3S/c1-6-4-10(17-13-6)14-18(15,16)9-3-2-7(12)5-8(9)11/h2-5,14H,1H3. The van der Waals surface area contributed by atoms with Crippen molar-refractivity contribution in [2.24, 2.45) is 0 Å². The predicted octanol–water partition coefficient (Wildman–Crippen LogP) is 2.69. The van der Waals surface area contributed by atoms with Crippen LogP contribution in [0, 0.1) is 12.7 Å². The van der Waals surface area contributed by atoms with Crippen molar-refractivity contribution in [1.82, 2.24) is 5.16 Å². The molecule has 0 bridgehead atoms. The maximum Gasteiger partial charge on any atom is 0.265 e. The molecule has 0 saturated heterocycles. The molecule has 1 aromatic carbocycles. The van der Waals surface area contributed by atoms with E-state index in [0.29, 0.717) is 5.69 Å². The third kappa shape index (κ3) is 2.70. The molecule has 1 aromatic heterocycles. The summed E-state index contributed by atoms with van der Waals surface area (Å²) >= 11 is 3.00. The summed E-state index contributed by atoms with van der Waals surface area (Å²) in [5.41, 5.74) is 0.547. The molecule has 0 radical (unpaired) electrons. The number of anilines is 1. The van der Waals surface area contributed by atoms with Crippen molar-refractivity contribution in [2.45, 2.75) is 11.8 Å². The highest BCUT2D eigenvalue weighted by molar-refractivity contribution is 9.10. The zero-order valence-electron chi connectivity index (χ0n) is 9.15. The van der Waals surface area contributed by atoms with Crippen LogP contribution < -0.4 is 4.72 Å². The Balaban J connectivity index is 2.36. The molecule has 0 aliphatic rings. The largest absolute Gasteiger partial charge is 0.338 e. The first-order valence-corrected chi connectivity index (χ1v) is 7.07. The summed E-state index contributed by atoms with van der Waals surface area (Å²) in [7, 11) is -3.84. The van der Waals surface area contributed by atoms with E-state index in [0.717, 1.165) is 18.2 Å². The fourth-order valence-electron chi connectivity index (χ4n) is 1.29. The van der Waals surface area contributed by atoms with Crippen molar-refractivity contribution in [3.05, 3.63) is 40.2 Å². The second kappa shape index (κ2) is 4.69. The summed E-state index contributed by atoms with van der Waals surface area (Å²) < 4.78 is 44.0. The molecule has 2 rings (SSSR count). The molecule has 0 unspecified atom stereocenters. The van der Waals surface area contributed by atoms with Gasteiger partial charge in [-0.25, -0.2) is 17.5 Å². The fraction of sp³-hybridized carbons (Fsp3) is 0.100. The normalized spacial score (nSPS) is 11.5. The molecule has 0 spiro atoms. The van der Waals surface area contributed by atoms with E-state index in [1.807, 2.05) is 0 Å².